The van der Waals surface area contributed by atoms with Gasteiger partial charge in [0.15, 0.2) is 0 Å². The van der Waals surface area contributed by atoms with Gasteiger partial charge < -0.3 is 4.74 Å². The lowest BCUT2D eigenvalue weighted by molar-refractivity contribution is 0.00836. The number of ether oxygens (including phenoxy) is 1. The Labute approximate surface area is 213 Å². The maximum atomic E-state index is 5.83. The van der Waals surface area contributed by atoms with Crippen LogP contribution >= 0.6 is 0 Å². The summed E-state index contributed by atoms with van der Waals surface area (Å²) in [5, 5.41) is 7.38. The first-order valence-corrected chi connectivity index (χ1v) is 13.5. The standard InChI is InChI=1S/C15H22O.C14H16N2.C3H8/c1-11(2)15(12(3)4)10-16-9-13-7-5-6-8-14(13)15;1-9(2)14(3)12-7-5-4-6-10(12)11-8-15-16-13(11)14;1-3-2/h5-8,11-12H,9-10H2,1-4H3;4-9H,1-3H3,(H,15,16);3H2,1-2H3. The van der Waals surface area contributed by atoms with Gasteiger partial charge in [0.05, 0.1) is 25.1 Å². The first-order valence-electron chi connectivity index (χ1n) is 13.5. The number of aromatic nitrogens is 2. The molecule has 3 aromatic rings. The maximum absolute atomic E-state index is 5.83. The minimum Gasteiger partial charge on any atom is -0.376 e. The Hall–Kier alpha value is -2.39. The molecule has 1 N–H and O–H groups in total. The monoisotopic (exact) mass is 474 g/mol. The van der Waals surface area contributed by atoms with Crippen molar-refractivity contribution in [2.45, 2.75) is 86.2 Å². The highest BCUT2D eigenvalue weighted by Crippen LogP contribution is 2.51. The highest BCUT2D eigenvalue weighted by molar-refractivity contribution is 5.79. The van der Waals surface area contributed by atoms with Crippen molar-refractivity contribution in [2.24, 2.45) is 17.8 Å². The normalized spacial score (nSPS) is 19.3. The van der Waals surface area contributed by atoms with E-state index < -0.39 is 0 Å². The van der Waals surface area contributed by atoms with Crippen molar-refractivity contribution in [2.75, 3.05) is 6.61 Å². The van der Waals surface area contributed by atoms with Crippen LogP contribution in [0.5, 0.6) is 0 Å². The van der Waals surface area contributed by atoms with Gasteiger partial charge in [0.2, 0.25) is 0 Å². The second-order valence-corrected chi connectivity index (χ2v) is 11.3. The highest BCUT2D eigenvalue weighted by Gasteiger charge is 2.43. The molecule has 1 unspecified atom stereocenters. The summed E-state index contributed by atoms with van der Waals surface area (Å²) in [6.07, 6.45) is 3.20. The summed E-state index contributed by atoms with van der Waals surface area (Å²) in [6.45, 7) is 22.0. The van der Waals surface area contributed by atoms with Crippen LogP contribution in [-0.2, 0) is 22.2 Å². The number of rotatable bonds is 3. The fourth-order valence-electron chi connectivity index (χ4n) is 5.92. The molecule has 2 aliphatic rings. The molecule has 2 aromatic carbocycles. The minimum absolute atomic E-state index is 0.0719. The summed E-state index contributed by atoms with van der Waals surface area (Å²) in [5.41, 5.74) is 8.44. The van der Waals surface area contributed by atoms with E-state index in [1.807, 2.05) is 6.20 Å². The molecule has 35 heavy (non-hydrogen) atoms. The number of nitrogens with zero attached hydrogens (tertiary/aromatic N) is 1. The van der Waals surface area contributed by atoms with Crippen molar-refractivity contribution in [1.82, 2.24) is 10.2 Å². The van der Waals surface area contributed by atoms with Gasteiger partial charge in [0, 0.05) is 16.4 Å². The van der Waals surface area contributed by atoms with E-state index in [9.17, 15) is 0 Å². The van der Waals surface area contributed by atoms with E-state index in [4.69, 9.17) is 4.74 Å². The van der Waals surface area contributed by atoms with Crippen LogP contribution < -0.4 is 0 Å². The highest BCUT2D eigenvalue weighted by atomic mass is 16.5. The second-order valence-electron chi connectivity index (χ2n) is 11.3. The SMILES string of the molecule is CC(C)C1(C(C)C)COCc2ccccc21.CC(C)C1(C)c2ccccc2-c2cn[nH]c21.CCC. The first-order chi connectivity index (χ1) is 16.7. The molecule has 2 heterocycles. The molecule has 1 aliphatic carbocycles. The molecule has 3 heteroatoms. The van der Waals surface area contributed by atoms with Crippen LogP contribution in [-0.4, -0.2) is 16.8 Å². The number of H-pyrrole nitrogens is 1. The molecule has 1 atom stereocenters. The molecule has 5 rings (SSSR count). The van der Waals surface area contributed by atoms with Gasteiger partial charge in [0.25, 0.3) is 0 Å². The molecular formula is C32H46N2O. The molecule has 0 fully saturated rings. The summed E-state index contributed by atoms with van der Waals surface area (Å²) in [6, 6.07) is 17.4. The molecule has 0 saturated heterocycles. The van der Waals surface area contributed by atoms with Gasteiger partial charge in [-0.05, 0) is 46.9 Å². The van der Waals surface area contributed by atoms with Crippen LogP contribution in [0.3, 0.4) is 0 Å². The van der Waals surface area contributed by atoms with Gasteiger partial charge in [0.1, 0.15) is 0 Å². The van der Waals surface area contributed by atoms with Gasteiger partial charge >= 0.3 is 0 Å². The zero-order valence-electron chi connectivity index (χ0n) is 23.4. The second kappa shape index (κ2) is 11.1. The van der Waals surface area contributed by atoms with Crippen LogP contribution in [0.4, 0.5) is 0 Å². The van der Waals surface area contributed by atoms with Crippen molar-refractivity contribution in [3.05, 3.63) is 77.1 Å². The predicted molar refractivity (Wildman–Crippen MR) is 149 cm³/mol. The number of benzene rings is 2. The zero-order chi connectivity index (χ0) is 25.8. The third-order valence-electron chi connectivity index (χ3n) is 8.27. The molecule has 0 spiro atoms. The Balaban J connectivity index is 0.000000176. The Morgan fingerprint density at radius 1 is 0.829 bits per heavy atom. The lowest BCUT2D eigenvalue weighted by atomic mass is 9.63. The molecular weight excluding hydrogens is 428 g/mol. The van der Waals surface area contributed by atoms with Crippen molar-refractivity contribution in [3.8, 4) is 11.1 Å². The molecule has 1 aromatic heterocycles. The van der Waals surface area contributed by atoms with Crippen LogP contribution in [0.2, 0.25) is 0 Å². The third-order valence-corrected chi connectivity index (χ3v) is 8.27. The van der Waals surface area contributed by atoms with Crippen LogP contribution in [0.15, 0.2) is 54.7 Å². The van der Waals surface area contributed by atoms with E-state index in [1.54, 1.807) is 0 Å². The Morgan fingerprint density at radius 3 is 2.00 bits per heavy atom. The lowest BCUT2D eigenvalue weighted by Crippen LogP contribution is -2.45. The minimum atomic E-state index is 0.0719. The predicted octanol–water partition coefficient (Wildman–Crippen LogP) is 8.54. The van der Waals surface area contributed by atoms with Crippen LogP contribution in [0.1, 0.15) is 91.1 Å². The van der Waals surface area contributed by atoms with Gasteiger partial charge in [-0.15, -0.1) is 0 Å². The fourth-order valence-corrected chi connectivity index (χ4v) is 5.92. The van der Waals surface area contributed by atoms with Crippen molar-refractivity contribution in [3.63, 3.8) is 0 Å². The Bertz CT molecular complexity index is 1090. The van der Waals surface area contributed by atoms with Crippen molar-refractivity contribution < 1.29 is 4.74 Å². The van der Waals surface area contributed by atoms with Gasteiger partial charge in [-0.1, -0.05) is 110 Å². The maximum Gasteiger partial charge on any atom is 0.0720 e. The number of hydrogen-bond donors (Lipinski definition) is 1. The molecule has 0 bridgehead atoms. The smallest absolute Gasteiger partial charge is 0.0720 e. The summed E-state index contributed by atoms with van der Waals surface area (Å²) in [4.78, 5) is 0. The summed E-state index contributed by atoms with van der Waals surface area (Å²) in [5.74, 6) is 1.76. The lowest BCUT2D eigenvalue weighted by Gasteiger charge is -2.45. The van der Waals surface area contributed by atoms with E-state index in [-0.39, 0.29) is 10.8 Å². The topological polar surface area (TPSA) is 37.9 Å². The molecule has 0 amide bonds. The average molecular weight is 475 g/mol. The van der Waals surface area contributed by atoms with E-state index >= 15 is 0 Å². The number of hydrogen-bond acceptors (Lipinski definition) is 2. The quantitative estimate of drug-likeness (QED) is 0.413. The Morgan fingerprint density at radius 2 is 1.40 bits per heavy atom. The largest absolute Gasteiger partial charge is 0.376 e. The Kier molecular flexibility index (Phi) is 8.64. The van der Waals surface area contributed by atoms with Crippen LogP contribution in [0.25, 0.3) is 11.1 Å². The van der Waals surface area contributed by atoms with E-state index in [2.05, 4.69) is 121 Å². The average Bonchev–Trinajstić information content (AvgIpc) is 3.42. The number of fused-ring (bicyclic) bond motifs is 4. The van der Waals surface area contributed by atoms with Gasteiger partial charge in [-0.25, -0.2) is 0 Å². The summed E-state index contributed by atoms with van der Waals surface area (Å²) in [7, 11) is 0. The van der Waals surface area contributed by atoms with Gasteiger partial charge in [-0.3, -0.25) is 5.10 Å². The first kappa shape index (κ1) is 27.2. The zero-order valence-corrected chi connectivity index (χ0v) is 23.4. The van der Waals surface area contributed by atoms with Crippen molar-refractivity contribution in [1.29, 1.82) is 0 Å². The van der Waals surface area contributed by atoms with E-state index in [0.717, 1.165) is 13.2 Å². The van der Waals surface area contributed by atoms with Crippen LogP contribution in [0, 0.1) is 17.8 Å². The number of nitrogens with one attached hydrogen (secondary N) is 1. The van der Waals surface area contributed by atoms with E-state index in [0.29, 0.717) is 17.8 Å². The molecule has 0 saturated carbocycles. The number of aromatic amines is 1. The summed E-state index contributed by atoms with van der Waals surface area (Å²) < 4.78 is 5.83. The van der Waals surface area contributed by atoms with Crippen molar-refractivity contribution >= 4 is 0 Å². The molecule has 0 radical (unpaired) electrons. The molecule has 190 valence electrons. The fraction of sp³-hybridized carbons (Fsp3) is 0.531. The molecule has 3 nitrogen and oxygen atoms in total. The van der Waals surface area contributed by atoms with Gasteiger partial charge in [-0.2, -0.15) is 5.10 Å². The van der Waals surface area contributed by atoms with E-state index in [1.165, 1.54) is 39.9 Å². The molecule has 1 aliphatic heterocycles. The third kappa shape index (κ3) is 4.72. The summed E-state index contributed by atoms with van der Waals surface area (Å²) >= 11 is 0.